The summed E-state index contributed by atoms with van der Waals surface area (Å²) in [6, 6.07) is 21.9. The van der Waals surface area contributed by atoms with E-state index in [-0.39, 0.29) is 0 Å². The molecule has 148 valence electrons. The molecule has 1 N–H and O–H groups in total. The van der Waals surface area contributed by atoms with Crippen LogP contribution < -0.4 is 5.43 Å². The fraction of sp³-hybridized carbons (Fsp3) is 0. The zero-order chi connectivity index (χ0) is 20.9. The molecule has 2 aromatic heterocycles. The minimum absolute atomic E-state index is 0.308. The van der Waals surface area contributed by atoms with Crippen molar-refractivity contribution in [3.05, 3.63) is 99.7 Å². The lowest BCUT2D eigenvalue weighted by Gasteiger charge is -2.05. The number of hydrogen-bond donors (Lipinski definition) is 1. The van der Waals surface area contributed by atoms with Gasteiger partial charge in [0.15, 0.2) is 5.82 Å². The average molecular weight is 481 g/mol. The molecule has 0 atom stereocenters. The smallest absolute Gasteiger partial charge is 0.266 e. The van der Waals surface area contributed by atoms with Crippen molar-refractivity contribution < 1.29 is 4.79 Å². The normalized spacial score (nSPS) is 11.0. The van der Waals surface area contributed by atoms with Crippen LogP contribution in [0.2, 0.25) is 5.02 Å². The maximum Gasteiger partial charge on any atom is 0.290 e. The van der Waals surface area contributed by atoms with E-state index in [1.807, 2.05) is 42.5 Å². The second kappa shape index (κ2) is 9.02. The molecule has 8 heteroatoms. The molecule has 0 unspecified atom stereocenters. The lowest BCUT2D eigenvalue weighted by molar-refractivity contribution is 0.0947. The van der Waals surface area contributed by atoms with E-state index >= 15 is 0 Å². The molecular formula is C22H15BrClN5O. The Hall–Kier alpha value is -3.29. The Balaban J connectivity index is 1.66. The summed E-state index contributed by atoms with van der Waals surface area (Å²) in [6.07, 6.45) is 3.22. The van der Waals surface area contributed by atoms with Crippen molar-refractivity contribution in [3.8, 4) is 17.1 Å². The number of nitrogens with zero attached hydrogens (tertiary/aromatic N) is 4. The number of halogens is 2. The molecule has 0 fully saturated rings. The van der Waals surface area contributed by atoms with Crippen LogP contribution in [0, 0.1) is 0 Å². The average Bonchev–Trinajstić information content (AvgIpc) is 3.22. The second-order valence-corrected chi connectivity index (χ2v) is 7.53. The SMILES string of the molecule is O=C(N/N=C\c1ccccc1Br)c1cc(-c2ccc(Cl)cc2)nn1-c1ccccn1. The molecule has 4 rings (SSSR count). The molecule has 4 aromatic rings. The first kappa shape index (κ1) is 20.0. The Morgan fingerprint density at radius 1 is 1.07 bits per heavy atom. The predicted molar refractivity (Wildman–Crippen MR) is 121 cm³/mol. The Morgan fingerprint density at radius 3 is 2.57 bits per heavy atom. The fourth-order valence-corrected chi connectivity index (χ4v) is 3.27. The molecule has 6 nitrogen and oxygen atoms in total. The van der Waals surface area contributed by atoms with E-state index in [0.29, 0.717) is 22.2 Å². The van der Waals surface area contributed by atoms with Gasteiger partial charge in [0.25, 0.3) is 5.91 Å². The van der Waals surface area contributed by atoms with Gasteiger partial charge in [-0.3, -0.25) is 4.79 Å². The maximum absolute atomic E-state index is 12.9. The van der Waals surface area contributed by atoms with Gasteiger partial charge in [0, 0.05) is 26.8 Å². The minimum Gasteiger partial charge on any atom is -0.266 e. The number of hydrogen-bond acceptors (Lipinski definition) is 4. The van der Waals surface area contributed by atoms with Gasteiger partial charge in [0.05, 0.1) is 11.9 Å². The standard InChI is InChI=1S/C22H15BrClN5O/c23-18-6-2-1-5-16(18)14-26-27-22(30)20-13-19(15-8-10-17(24)11-9-15)28-29(20)21-7-3-4-12-25-21/h1-14H,(H,27,30)/b26-14-. The van der Waals surface area contributed by atoms with Crippen LogP contribution in [0.15, 0.2) is 88.6 Å². The maximum atomic E-state index is 12.9. The van der Waals surface area contributed by atoms with Crippen molar-refractivity contribution in [2.24, 2.45) is 5.10 Å². The van der Waals surface area contributed by atoms with Gasteiger partial charge in [-0.2, -0.15) is 10.2 Å². The van der Waals surface area contributed by atoms with Gasteiger partial charge in [-0.15, -0.1) is 0 Å². The molecule has 2 heterocycles. The molecule has 1 amide bonds. The Bertz CT molecular complexity index is 1210. The number of pyridine rings is 1. The fourth-order valence-electron chi connectivity index (χ4n) is 2.76. The second-order valence-electron chi connectivity index (χ2n) is 6.24. The summed E-state index contributed by atoms with van der Waals surface area (Å²) in [4.78, 5) is 17.2. The molecule has 0 aliphatic rings. The number of carbonyl (C=O) groups is 1. The first-order valence-electron chi connectivity index (χ1n) is 8.97. The number of hydrazone groups is 1. The van der Waals surface area contributed by atoms with Crippen LogP contribution in [-0.4, -0.2) is 26.9 Å². The van der Waals surface area contributed by atoms with Gasteiger partial charge in [0.2, 0.25) is 0 Å². The molecule has 0 spiro atoms. The highest BCUT2D eigenvalue weighted by Crippen LogP contribution is 2.23. The van der Waals surface area contributed by atoms with E-state index in [0.717, 1.165) is 15.6 Å². The molecule has 2 aromatic carbocycles. The number of nitrogens with one attached hydrogen (secondary N) is 1. The Kier molecular flexibility index (Phi) is 6.02. The number of benzene rings is 2. The third-order valence-corrected chi connectivity index (χ3v) is 5.20. The highest BCUT2D eigenvalue weighted by Gasteiger charge is 2.18. The predicted octanol–water partition coefficient (Wildman–Crippen LogP) is 5.11. The van der Waals surface area contributed by atoms with Crippen molar-refractivity contribution in [2.75, 3.05) is 0 Å². The van der Waals surface area contributed by atoms with Crippen molar-refractivity contribution >= 4 is 39.7 Å². The molecule has 0 saturated heterocycles. The van der Waals surface area contributed by atoms with E-state index in [1.54, 1.807) is 42.7 Å². The summed E-state index contributed by atoms with van der Waals surface area (Å²) >= 11 is 9.43. The zero-order valence-electron chi connectivity index (χ0n) is 15.5. The van der Waals surface area contributed by atoms with Crippen LogP contribution in [0.4, 0.5) is 0 Å². The van der Waals surface area contributed by atoms with Crippen LogP contribution in [0.5, 0.6) is 0 Å². The van der Waals surface area contributed by atoms with Gasteiger partial charge >= 0.3 is 0 Å². The molecule has 0 aliphatic heterocycles. The van der Waals surface area contributed by atoms with Crippen LogP contribution >= 0.6 is 27.5 Å². The van der Waals surface area contributed by atoms with Crippen molar-refractivity contribution in [1.82, 2.24) is 20.2 Å². The van der Waals surface area contributed by atoms with Gasteiger partial charge in [-0.05, 0) is 36.4 Å². The summed E-state index contributed by atoms with van der Waals surface area (Å²) < 4.78 is 2.37. The summed E-state index contributed by atoms with van der Waals surface area (Å²) in [6.45, 7) is 0. The summed E-state index contributed by atoms with van der Waals surface area (Å²) in [5.74, 6) is 0.120. The summed E-state index contributed by atoms with van der Waals surface area (Å²) in [5.41, 5.74) is 5.17. The highest BCUT2D eigenvalue weighted by molar-refractivity contribution is 9.10. The van der Waals surface area contributed by atoms with Gasteiger partial charge < -0.3 is 0 Å². The van der Waals surface area contributed by atoms with Crippen LogP contribution in [0.3, 0.4) is 0 Å². The first-order chi connectivity index (χ1) is 14.6. The highest BCUT2D eigenvalue weighted by atomic mass is 79.9. The van der Waals surface area contributed by atoms with Crippen LogP contribution in [-0.2, 0) is 0 Å². The van der Waals surface area contributed by atoms with E-state index in [1.165, 1.54) is 4.68 Å². The first-order valence-corrected chi connectivity index (χ1v) is 10.1. The van der Waals surface area contributed by atoms with Crippen molar-refractivity contribution in [1.29, 1.82) is 0 Å². The molecule has 0 radical (unpaired) electrons. The Labute approximate surface area is 186 Å². The number of carbonyl (C=O) groups excluding carboxylic acids is 1. The van der Waals surface area contributed by atoms with Gasteiger partial charge in [0.1, 0.15) is 5.69 Å². The van der Waals surface area contributed by atoms with Gasteiger partial charge in [-0.1, -0.05) is 63.9 Å². The topological polar surface area (TPSA) is 72.2 Å². The van der Waals surface area contributed by atoms with Crippen molar-refractivity contribution in [2.45, 2.75) is 0 Å². The number of amides is 1. The molecular weight excluding hydrogens is 466 g/mol. The number of rotatable bonds is 5. The van der Waals surface area contributed by atoms with Crippen molar-refractivity contribution in [3.63, 3.8) is 0 Å². The summed E-state index contributed by atoms with van der Waals surface area (Å²) in [7, 11) is 0. The molecule has 0 aliphatic carbocycles. The van der Waals surface area contributed by atoms with Crippen LogP contribution in [0.1, 0.15) is 16.1 Å². The summed E-state index contributed by atoms with van der Waals surface area (Å²) in [5, 5.41) is 9.27. The third kappa shape index (κ3) is 4.48. The Morgan fingerprint density at radius 2 is 1.83 bits per heavy atom. The zero-order valence-corrected chi connectivity index (χ0v) is 17.9. The monoisotopic (exact) mass is 479 g/mol. The van der Waals surface area contributed by atoms with Gasteiger partial charge in [-0.25, -0.2) is 15.1 Å². The van der Waals surface area contributed by atoms with E-state index in [4.69, 9.17) is 11.6 Å². The molecule has 30 heavy (non-hydrogen) atoms. The number of aromatic nitrogens is 3. The van der Waals surface area contributed by atoms with E-state index in [9.17, 15) is 4.79 Å². The van der Waals surface area contributed by atoms with E-state index in [2.05, 4.69) is 36.5 Å². The lowest BCUT2D eigenvalue weighted by atomic mass is 10.1. The minimum atomic E-state index is -0.406. The quantitative estimate of drug-likeness (QED) is 0.318. The van der Waals surface area contributed by atoms with Crippen LogP contribution in [0.25, 0.3) is 17.1 Å². The van der Waals surface area contributed by atoms with E-state index < -0.39 is 5.91 Å². The molecule has 0 saturated carbocycles. The largest absolute Gasteiger partial charge is 0.290 e. The third-order valence-electron chi connectivity index (χ3n) is 4.22. The molecule has 0 bridgehead atoms. The lowest BCUT2D eigenvalue weighted by Crippen LogP contribution is -2.21.